The fourth-order valence-electron chi connectivity index (χ4n) is 2.53. The summed E-state index contributed by atoms with van der Waals surface area (Å²) in [6.07, 6.45) is 3.10. The molecule has 2 aliphatic rings. The third kappa shape index (κ3) is 2.74. The van der Waals surface area contributed by atoms with E-state index >= 15 is 0 Å². The van der Waals surface area contributed by atoms with Gasteiger partial charge in [-0.2, -0.15) is 0 Å². The molecule has 92 valence electrons. The van der Waals surface area contributed by atoms with Crippen molar-refractivity contribution in [2.45, 2.75) is 32.2 Å². The molecule has 0 saturated carbocycles. The maximum absolute atomic E-state index is 12.1. The van der Waals surface area contributed by atoms with Crippen LogP contribution in [0.3, 0.4) is 0 Å². The first-order chi connectivity index (χ1) is 7.81. The van der Waals surface area contributed by atoms with Crippen molar-refractivity contribution in [2.24, 2.45) is 5.92 Å². The van der Waals surface area contributed by atoms with Gasteiger partial charge in [-0.15, -0.1) is 0 Å². The van der Waals surface area contributed by atoms with Crippen LogP contribution in [0.2, 0.25) is 0 Å². The lowest BCUT2D eigenvalue weighted by molar-refractivity contribution is -0.136. The number of piperazine rings is 1. The highest BCUT2D eigenvalue weighted by molar-refractivity contribution is 5.82. The Morgan fingerprint density at radius 1 is 1.44 bits per heavy atom. The van der Waals surface area contributed by atoms with Crippen LogP contribution < -0.4 is 5.32 Å². The quantitative estimate of drug-likeness (QED) is 0.767. The number of ether oxygens (including phenoxy) is 1. The Hall–Kier alpha value is -0.610. The molecule has 2 heterocycles. The molecule has 2 rings (SSSR count). The number of hydrogen-bond acceptors (Lipinski definition) is 3. The molecule has 1 amide bonds. The highest BCUT2D eigenvalue weighted by atomic mass is 16.5. The van der Waals surface area contributed by atoms with Crippen molar-refractivity contribution in [3.8, 4) is 0 Å². The van der Waals surface area contributed by atoms with E-state index in [9.17, 15) is 4.79 Å². The van der Waals surface area contributed by atoms with Crippen molar-refractivity contribution in [1.29, 1.82) is 0 Å². The van der Waals surface area contributed by atoms with Crippen LogP contribution in [-0.4, -0.2) is 49.7 Å². The number of nitrogens with zero attached hydrogens (tertiary/aromatic N) is 1. The lowest BCUT2D eigenvalue weighted by Crippen LogP contribution is -2.55. The molecule has 4 heteroatoms. The summed E-state index contributed by atoms with van der Waals surface area (Å²) in [7, 11) is 0. The average Bonchev–Trinajstić information content (AvgIpc) is 2.33. The molecule has 0 aliphatic carbocycles. The molecule has 1 N–H and O–H groups in total. The molecule has 2 saturated heterocycles. The SMILES string of the molecule is CCC1NCCN(CC2CCOCC2)C1=O. The zero-order valence-corrected chi connectivity index (χ0v) is 10.1. The van der Waals surface area contributed by atoms with Gasteiger partial charge in [-0.25, -0.2) is 0 Å². The summed E-state index contributed by atoms with van der Waals surface area (Å²) in [6, 6.07) is 0.0496. The first kappa shape index (κ1) is 11.9. The Kier molecular flexibility index (Phi) is 4.18. The molecule has 0 aromatic rings. The average molecular weight is 226 g/mol. The van der Waals surface area contributed by atoms with E-state index in [4.69, 9.17) is 4.74 Å². The molecule has 1 unspecified atom stereocenters. The lowest BCUT2D eigenvalue weighted by atomic mass is 9.98. The van der Waals surface area contributed by atoms with Crippen LogP contribution in [0, 0.1) is 5.92 Å². The van der Waals surface area contributed by atoms with E-state index in [0.717, 1.165) is 52.1 Å². The second-order valence-electron chi connectivity index (χ2n) is 4.75. The molecule has 0 spiro atoms. The Morgan fingerprint density at radius 3 is 2.88 bits per heavy atom. The first-order valence-corrected chi connectivity index (χ1v) is 6.41. The van der Waals surface area contributed by atoms with Gasteiger partial charge in [0.05, 0.1) is 6.04 Å². The van der Waals surface area contributed by atoms with E-state index in [2.05, 4.69) is 12.2 Å². The largest absolute Gasteiger partial charge is 0.381 e. The highest BCUT2D eigenvalue weighted by Gasteiger charge is 2.28. The number of rotatable bonds is 3. The second-order valence-corrected chi connectivity index (χ2v) is 4.75. The van der Waals surface area contributed by atoms with Crippen molar-refractivity contribution >= 4 is 5.91 Å². The summed E-state index contributed by atoms with van der Waals surface area (Å²) in [6.45, 7) is 6.53. The lowest BCUT2D eigenvalue weighted by Gasteiger charge is -2.36. The summed E-state index contributed by atoms with van der Waals surface area (Å²) < 4.78 is 5.34. The van der Waals surface area contributed by atoms with E-state index < -0.39 is 0 Å². The Balaban J connectivity index is 1.85. The summed E-state index contributed by atoms with van der Waals surface area (Å²) in [5.41, 5.74) is 0. The molecular weight excluding hydrogens is 204 g/mol. The van der Waals surface area contributed by atoms with Crippen LogP contribution in [0.5, 0.6) is 0 Å². The van der Waals surface area contributed by atoms with E-state index in [0.29, 0.717) is 11.8 Å². The first-order valence-electron chi connectivity index (χ1n) is 6.41. The van der Waals surface area contributed by atoms with E-state index in [-0.39, 0.29) is 6.04 Å². The molecule has 0 radical (unpaired) electrons. The molecule has 0 aromatic heterocycles. The van der Waals surface area contributed by atoms with Crippen molar-refractivity contribution in [3.05, 3.63) is 0 Å². The zero-order chi connectivity index (χ0) is 11.4. The molecule has 0 bridgehead atoms. The topological polar surface area (TPSA) is 41.6 Å². The number of carbonyl (C=O) groups is 1. The summed E-state index contributed by atoms with van der Waals surface area (Å²) in [5, 5.41) is 3.27. The minimum atomic E-state index is 0.0496. The molecule has 16 heavy (non-hydrogen) atoms. The zero-order valence-electron chi connectivity index (χ0n) is 10.1. The monoisotopic (exact) mass is 226 g/mol. The van der Waals surface area contributed by atoms with Gasteiger partial charge in [0.15, 0.2) is 0 Å². The van der Waals surface area contributed by atoms with Crippen LogP contribution in [-0.2, 0) is 9.53 Å². The van der Waals surface area contributed by atoms with Gasteiger partial charge in [0.1, 0.15) is 0 Å². The maximum Gasteiger partial charge on any atom is 0.239 e. The predicted octanol–water partition coefficient (Wildman–Crippen LogP) is 0.623. The molecule has 2 aliphatic heterocycles. The van der Waals surface area contributed by atoms with Gasteiger partial charge in [0, 0.05) is 32.8 Å². The fourth-order valence-corrected chi connectivity index (χ4v) is 2.53. The number of carbonyl (C=O) groups excluding carboxylic acids is 1. The smallest absolute Gasteiger partial charge is 0.239 e. The molecule has 0 aromatic carbocycles. The van der Waals surface area contributed by atoms with E-state index in [1.54, 1.807) is 0 Å². The van der Waals surface area contributed by atoms with Crippen molar-refractivity contribution in [3.63, 3.8) is 0 Å². The van der Waals surface area contributed by atoms with Crippen LogP contribution in [0.15, 0.2) is 0 Å². The normalized spacial score (nSPS) is 28.4. The van der Waals surface area contributed by atoms with Gasteiger partial charge in [0.25, 0.3) is 0 Å². The van der Waals surface area contributed by atoms with Gasteiger partial charge in [-0.05, 0) is 25.2 Å². The van der Waals surface area contributed by atoms with E-state index in [1.165, 1.54) is 0 Å². The maximum atomic E-state index is 12.1. The Morgan fingerprint density at radius 2 is 2.19 bits per heavy atom. The van der Waals surface area contributed by atoms with Crippen molar-refractivity contribution < 1.29 is 9.53 Å². The molecular formula is C12H22N2O2. The van der Waals surface area contributed by atoms with Crippen molar-refractivity contribution in [2.75, 3.05) is 32.8 Å². The third-order valence-electron chi connectivity index (χ3n) is 3.61. The third-order valence-corrected chi connectivity index (χ3v) is 3.61. The van der Waals surface area contributed by atoms with Gasteiger partial charge >= 0.3 is 0 Å². The van der Waals surface area contributed by atoms with Crippen molar-refractivity contribution in [1.82, 2.24) is 10.2 Å². The van der Waals surface area contributed by atoms with Gasteiger partial charge < -0.3 is 15.0 Å². The summed E-state index contributed by atoms with van der Waals surface area (Å²) in [5.74, 6) is 0.938. The predicted molar refractivity (Wildman–Crippen MR) is 62.2 cm³/mol. The van der Waals surface area contributed by atoms with Crippen LogP contribution in [0.25, 0.3) is 0 Å². The number of amides is 1. The second kappa shape index (κ2) is 5.64. The Labute approximate surface area is 97.3 Å². The summed E-state index contributed by atoms with van der Waals surface area (Å²) >= 11 is 0. The highest BCUT2D eigenvalue weighted by Crippen LogP contribution is 2.17. The van der Waals surface area contributed by atoms with Gasteiger partial charge in [0.2, 0.25) is 5.91 Å². The minimum Gasteiger partial charge on any atom is -0.381 e. The minimum absolute atomic E-state index is 0.0496. The molecule has 4 nitrogen and oxygen atoms in total. The number of nitrogens with one attached hydrogen (secondary N) is 1. The van der Waals surface area contributed by atoms with Gasteiger partial charge in [-0.1, -0.05) is 6.92 Å². The summed E-state index contributed by atoms with van der Waals surface area (Å²) in [4.78, 5) is 14.1. The molecule has 1 atom stereocenters. The van der Waals surface area contributed by atoms with E-state index in [1.807, 2.05) is 4.90 Å². The van der Waals surface area contributed by atoms with Gasteiger partial charge in [-0.3, -0.25) is 4.79 Å². The fraction of sp³-hybridized carbons (Fsp3) is 0.917. The standard InChI is InChI=1S/C12H22N2O2/c1-2-11-12(15)14(6-5-13-11)9-10-3-7-16-8-4-10/h10-11,13H,2-9H2,1H3. The molecule has 2 fully saturated rings. The number of hydrogen-bond donors (Lipinski definition) is 1. The van der Waals surface area contributed by atoms with Crippen LogP contribution >= 0.6 is 0 Å². The van der Waals surface area contributed by atoms with Crippen LogP contribution in [0.4, 0.5) is 0 Å². The van der Waals surface area contributed by atoms with Crippen LogP contribution in [0.1, 0.15) is 26.2 Å². The Bertz CT molecular complexity index is 239.